The van der Waals surface area contributed by atoms with Gasteiger partial charge in [-0.2, -0.15) is 0 Å². The van der Waals surface area contributed by atoms with Crippen LogP contribution in [-0.2, 0) is 0 Å². The average molecular weight is 238 g/mol. The van der Waals surface area contributed by atoms with Gasteiger partial charge in [-0.05, 0) is 26.2 Å². The Bertz CT molecular complexity index is 205. The van der Waals surface area contributed by atoms with Crippen LogP contribution in [0, 0.1) is 0 Å². The molecule has 2 heteroatoms. The number of hydrogen-bond acceptors (Lipinski definition) is 2. The minimum Gasteiger partial charge on any atom is -0.309 e. The van der Waals surface area contributed by atoms with Gasteiger partial charge in [0, 0.05) is 31.2 Å². The average Bonchev–Trinajstić information content (AvgIpc) is 2.67. The van der Waals surface area contributed by atoms with Gasteiger partial charge in [0.05, 0.1) is 0 Å². The molecule has 17 heavy (non-hydrogen) atoms. The molecule has 0 spiro atoms. The van der Waals surface area contributed by atoms with E-state index in [2.05, 4.69) is 24.1 Å². The smallest absolute Gasteiger partial charge is 0.0198 e. The van der Waals surface area contributed by atoms with Gasteiger partial charge in [0.15, 0.2) is 0 Å². The molecule has 0 amide bonds. The zero-order chi connectivity index (χ0) is 12.1. The van der Waals surface area contributed by atoms with E-state index in [-0.39, 0.29) is 0 Å². The predicted molar refractivity (Wildman–Crippen MR) is 74.4 cm³/mol. The van der Waals surface area contributed by atoms with E-state index in [1.807, 2.05) is 0 Å². The Labute approximate surface area is 107 Å². The van der Waals surface area contributed by atoms with Crippen LogP contribution in [0.25, 0.3) is 0 Å². The molecule has 100 valence electrons. The zero-order valence-electron chi connectivity index (χ0n) is 11.8. The topological polar surface area (TPSA) is 15.3 Å². The van der Waals surface area contributed by atoms with Crippen LogP contribution in [0.4, 0.5) is 0 Å². The van der Waals surface area contributed by atoms with Gasteiger partial charge in [-0.25, -0.2) is 0 Å². The van der Waals surface area contributed by atoms with Crippen molar-refractivity contribution in [3.63, 3.8) is 0 Å². The minimum atomic E-state index is 0.802. The lowest BCUT2D eigenvalue weighted by atomic mass is 10.0. The van der Waals surface area contributed by atoms with Crippen molar-refractivity contribution in [3.8, 4) is 0 Å². The highest BCUT2D eigenvalue weighted by Crippen LogP contribution is 2.23. The van der Waals surface area contributed by atoms with Crippen molar-refractivity contribution in [3.05, 3.63) is 0 Å². The van der Waals surface area contributed by atoms with E-state index < -0.39 is 0 Å². The van der Waals surface area contributed by atoms with Crippen molar-refractivity contribution in [2.45, 2.75) is 83.3 Å². The van der Waals surface area contributed by atoms with Gasteiger partial charge in [0.25, 0.3) is 0 Å². The normalized spacial score (nSPS) is 30.7. The van der Waals surface area contributed by atoms with Crippen molar-refractivity contribution >= 4 is 0 Å². The lowest BCUT2D eigenvalue weighted by molar-refractivity contribution is 0.141. The Hall–Kier alpha value is -0.0800. The molecule has 2 rings (SSSR count). The van der Waals surface area contributed by atoms with Crippen LogP contribution in [-0.4, -0.2) is 36.1 Å². The molecule has 0 aliphatic carbocycles. The first-order chi connectivity index (χ1) is 8.29. The molecule has 3 atom stereocenters. The van der Waals surface area contributed by atoms with Crippen LogP contribution in [0.2, 0.25) is 0 Å². The molecule has 2 aliphatic heterocycles. The van der Waals surface area contributed by atoms with Gasteiger partial charge in [0.2, 0.25) is 0 Å². The first kappa shape index (κ1) is 13.4. The second-order valence-corrected chi connectivity index (χ2v) is 6.14. The molecular formula is C15H30N2. The Kier molecular flexibility index (Phi) is 5.30. The van der Waals surface area contributed by atoms with Gasteiger partial charge in [-0.1, -0.05) is 39.0 Å². The second-order valence-electron chi connectivity index (χ2n) is 6.14. The van der Waals surface area contributed by atoms with Crippen molar-refractivity contribution in [2.24, 2.45) is 0 Å². The third kappa shape index (κ3) is 3.96. The quantitative estimate of drug-likeness (QED) is 0.685. The number of hydrogen-bond donors (Lipinski definition) is 1. The van der Waals surface area contributed by atoms with Gasteiger partial charge in [-0.3, -0.25) is 4.90 Å². The largest absolute Gasteiger partial charge is 0.309 e. The van der Waals surface area contributed by atoms with Crippen molar-refractivity contribution in [1.29, 1.82) is 0 Å². The Balaban J connectivity index is 1.61. The van der Waals surface area contributed by atoms with Crippen LogP contribution < -0.4 is 5.32 Å². The summed E-state index contributed by atoms with van der Waals surface area (Å²) in [5.74, 6) is 0. The van der Waals surface area contributed by atoms with Gasteiger partial charge < -0.3 is 5.32 Å². The van der Waals surface area contributed by atoms with E-state index in [9.17, 15) is 0 Å². The first-order valence-corrected chi connectivity index (χ1v) is 7.79. The maximum absolute atomic E-state index is 3.72. The predicted octanol–water partition coefficient (Wildman–Crippen LogP) is 3.17. The molecule has 2 fully saturated rings. The number of likely N-dealkylation sites (tertiary alicyclic amines) is 1. The number of rotatable bonds is 7. The molecule has 0 aromatic carbocycles. The number of unbranched alkanes of at least 4 members (excludes halogenated alkanes) is 4. The summed E-state index contributed by atoms with van der Waals surface area (Å²) in [6.45, 7) is 7.32. The van der Waals surface area contributed by atoms with Crippen LogP contribution in [0.5, 0.6) is 0 Å². The summed E-state index contributed by atoms with van der Waals surface area (Å²) in [7, 11) is 0. The number of fused-ring (bicyclic) bond motifs is 2. The van der Waals surface area contributed by atoms with Gasteiger partial charge in [-0.15, -0.1) is 0 Å². The number of piperazine rings is 1. The van der Waals surface area contributed by atoms with E-state index >= 15 is 0 Å². The van der Waals surface area contributed by atoms with Crippen LogP contribution in [0.3, 0.4) is 0 Å². The summed E-state index contributed by atoms with van der Waals surface area (Å²) in [5, 5.41) is 3.72. The van der Waals surface area contributed by atoms with Crippen molar-refractivity contribution in [2.75, 3.05) is 13.1 Å². The standard InChI is InChI=1S/C15H30N2/c1-3-4-5-6-7-8-13(2)17-11-14-9-10-15(12-17)16-14/h13-16H,3-12H2,1-2H3. The highest BCUT2D eigenvalue weighted by atomic mass is 15.2. The molecule has 2 heterocycles. The molecule has 2 nitrogen and oxygen atoms in total. The number of nitrogens with one attached hydrogen (secondary N) is 1. The van der Waals surface area contributed by atoms with Crippen LogP contribution in [0.15, 0.2) is 0 Å². The molecule has 2 bridgehead atoms. The summed E-state index contributed by atoms with van der Waals surface area (Å²) in [6, 6.07) is 2.41. The van der Waals surface area contributed by atoms with E-state index in [1.165, 1.54) is 64.5 Å². The summed E-state index contributed by atoms with van der Waals surface area (Å²) < 4.78 is 0. The molecule has 3 unspecified atom stereocenters. The fourth-order valence-electron chi connectivity index (χ4n) is 3.42. The molecular weight excluding hydrogens is 208 g/mol. The summed E-state index contributed by atoms with van der Waals surface area (Å²) in [4.78, 5) is 2.73. The zero-order valence-corrected chi connectivity index (χ0v) is 11.8. The van der Waals surface area contributed by atoms with Gasteiger partial charge in [0.1, 0.15) is 0 Å². The van der Waals surface area contributed by atoms with E-state index in [0.717, 1.165) is 18.1 Å². The monoisotopic (exact) mass is 238 g/mol. The van der Waals surface area contributed by atoms with Crippen LogP contribution in [0.1, 0.15) is 65.2 Å². The van der Waals surface area contributed by atoms with E-state index in [0.29, 0.717) is 0 Å². The summed E-state index contributed by atoms with van der Waals surface area (Å²) in [6.07, 6.45) is 11.3. The maximum atomic E-state index is 3.72. The lowest BCUT2D eigenvalue weighted by Gasteiger charge is -2.37. The van der Waals surface area contributed by atoms with Crippen LogP contribution >= 0.6 is 0 Å². The van der Waals surface area contributed by atoms with Crippen molar-refractivity contribution < 1.29 is 0 Å². The third-order valence-corrected chi connectivity index (χ3v) is 4.59. The maximum Gasteiger partial charge on any atom is 0.0198 e. The highest BCUT2D eigenvalue weighted by molar-refractivity contribution is 4.93. The van der Waals surface area contributed by atoms with Gasteiger partial charge >= 0.3 is 0 Å². The summed E-state index contributed by atoms with van der Waals surface area (Å²) in [5.41, 5.74) is 0. The highest BCUT2D eigenvalue weighted by Gasteiger charge is 2.33. The molecule has 2 saturated heterocycles. The summed E-state index contributed by atoms with van der Waals surface area (Å²) >= 11 is 0. The molecule has 1 N–H and O–H groups in total. The van der Waals surface area contributed by atoms with E-state index in [1.54, 1.807) is 0 Å². The Morgan fingerprint density at radius 2 is 1.71 bits per heavy atom. The molecule has 2 aliphatic rings. The van der Waals surface area contributed by atoms with E-state index in [4.69, 9.17) is 0 Å². The first-order valence-electron chi connectivity index (χ1n) is 7.79. The Morgan fingerprint density at radius 3 is 2.35 bits per heavy atom. The number of nitrogens with zero attached hydrogens (tertiary/aromatic N) is 1. The fraction of sp³-hybridized carbons (Fsp3) is 1.00. The minimum absolute atomic E-state index is 0.802. The molecule has 0 aromatic heterocycles. The Morgan fingerprint density at radius 1 is 1.06 bits per heavy atom. The van der Waals surface area contributed by atoms with Crippen molar-refractivity contribution in [1.82, 2.24) is 10.2 Å². The second kappa shape index (κ2) is 6.75. The molecule has 0 radical (unpaired) electrons. The SMILES string of the molecule is CCCCCCCC(C)N1CC2CCC(C1)N2. The molecule has 0 aromatic rings. The lowest BCUT2D eigenvalue weighted by Crippen LogP contribution is -2.53. The fourth-order valence-corrected chi connectivity index (χ4v) is 3.42. The third-order valence-electron chi connectivity index (χ3n) is 4.59. The molecule has 0 saturated carbocycles.